The molecular formula is C24H27N3O3. The first-order chi connectivity index (χ1) is 14.7. The van der Waals surface area contributed by atoms with Gasteiger partial charge in [-0.15, -0.1) is 0 Å². The summed E-state index contributed by atoms with van der Waals surface area (Å²) in [6.07, 6.45) is 1.60. The van der Waals surface area contributed by atoms with Crippen molar-refractivity contribution in [2.75, 3.05) is 44.3 Å². The van der Waals surface area contributed by atoms with Crippen LogP contribution >= 0.6 is 0 Å². The van der Waals surface area contributed by atoms with E-state index in [1.807, 2.05) is 44.2 Å². The smallest absolute Gasteiger partial charge is 0.264 e. The summed E-state index contributed by atoms with van der Waals surface area (Å²) >= 11 is 0. The normalized spacial score (nSPS) is 14.2. The number of anilines is 1. The molecule has 0 radical (unpaired) electrons. The molecule has 0 bridgehead atoms. The third kappa shape index (κ3) is 5.12. The number of carbonyl (C=O) groups is 1. The van der Waals surface area contributed by atoms with E-state index < -0.39 is 0 Å². The number of piperazine rings is 1. The van der Waals surface area contributed by atoms with Crippen LogP contribution < -0.4 is 14.4 Å². The first-order valence-corrected chi connectivity index (χ1v) is 10.3. The summed E-state index contributed by atoms with van der Waals surface area (Å²) in [6.45, 7) is 7.47. The Kier molecular flexibility index (Phi) is 7.34. The number of carbonyl (C=O) groups excluding carboxylic acids is 1. The van der Waals surface area contributed by atoms with Gasteiger partial charge in [0.25, 0.3) is 5.91 Å². The number of rotatable bonds is 7. The van der Waals surface area contributed by atoms with Crippen LogP contribution in [-0.2, 0) is 4.79 Å². The average molecular weight is 405 g/mol. The monoisotopic (exact) mass is 405 g/mol. The minimum Gasteiger partial charge on any atom is -0.494 e. The van der Waals surface area contributed by atoms with Crippen molar-refractivity contribution in [1.29, 1.82) is 5.26 Å². The van der Waals surface area contributed by atoms with Crippen molar-refractivity contribution in [3.8, 4) is 17.6 Å². The molecular weight excluding hydrogens is 378 g/mol. The van der Waals surface area contributed by atoms with Crippen molar-refractivity contribution in [3.63, 3.8) is 0 Å². The van der Waals surface area contributed by atoms with E-state index in [1.54, 1.807) is 17.0 Å². The second-order valence-electron chi connectivity index (χ2n) is 6.85. The zero-order valence-electron chi connectivity index (χ0n) is 17.5. The van der Waals surface area contributed by atoms with Crippen LogP contribution in [-0.4, -0.2) is 50.2 Å². The summed E-state index contributed by atoms with van der Waals surface area (Å²) in [4.78, 5) is 17.0. The highest BCUT2D eigenvalue weighted by Gasteiger charge is 2.24. The standard InChI is InChI=1S/C24H27N3O3/c1-3-29-22-11-10-19(23(17-22)30-4-2)16-20(18-25)24(28)27-14-12-26(13-15-27)21-8-6-5-7-9-21/h5-11,16-17H,3-4,12-15H2,1-2H3/b20-16-. The van der Waals surface area contributed by atoms with E-state index in [0.29, 0.717) is 43.4 Å². The van der Waals surface area contributed by atoms with Gasteiger partial charge in [0.2, 0.25) is 0 Å². The second kappa shape index (κ2) is 10.4. The van der Waals surface area contributed by atoms with Gasteiger partial charge in [0.05, 0.1) is 13.2 Å². The van der Waals surface area contributed by atoms with Gasteiger partial charge in [-0.3, -0.25) is 4.79 Å². The number of nitriles is 1. The van der Waals surface area contributed by atoms with Gasteiger partial charge in [0.15, 0.2) is 0 Å². The maximum absolute atomic E-state index is 13.0. The highest BCUT2D eigenvalue weighted by atomic mass is 16.5. The Morgan fingerprint density at radius 3 is 2.37 bits per heavy atom. The molecule has 2 aromatic rings. The van der Waals surface area contributed by atoms with Gasteiger partial charge < -0.3 is 19.3 Å². The Morgan fingerprint density at radius 2 is 1.73 bits per heavy atom. The molecule has 1 amide bonds. The quantitative estimate of drug-likeness (QED) is 0.519. The van der Waals surface area contributed by atoms with Gasteiger partial charge >= 0.3 is 0 Å². The van der Waals surface area contributed by atoms with Crippen molar-refractivity contribution in [3.05, 3.63) is 59.7 Å². The maximum Gasteiger partial charge on any atom is 0.264 e. The minimum atomic E-state index is -0.249. The predicted molar refractivity (Wildman–Crippen MR) is 118 cm³/mol. The van der Waals surface area contributed by atoms with Crippen LogP contribution in [0.25, 0.3) is 6.08 Å². The SMILES string of the molecule is CCOc1ccc(/C=C(/C#N)C(=O)N2CCN(c3ccccc3)CC2)c(OCC)c1. The number of amides is 1. The Labute approximate surface area is 177 Å². The fourth-order valence-electron chi connectivity index (χ4n) is 3.45. The van der Waals surface area contributed by atoms with Crippen molar-refractivity contribution in [1.82, 2.24) is 4.90 Å². The van der Waals surface area contributed by atoms with E-state index in [0.717, 1.165) is 18.8 Å². The molecule has 6 nitrogen and oxygen atoms in total. The molecule has 156 valence electrons. The lowest BCUT2D eigenvalue weighted by Crippen LogP contribution is -2.49. The van der Waals surface area contributed by atoms with Gasteiger partial charge in [-0.2, -0.15) is 5.26 Å². The van der Waals surface area contributed by atoms with E-state index in [9.17, 15) is 10.1 Å². The van der Waals surface area contributed by atoms with Crippen molar-refractivity contribution in [2.45, 2.75) is 13.8 Å². The van der Waals surface area contributed by atoms with Crippen molar-refractivity contribution < 1.29 is 14.3 Å². The van der Waals surface area contributed by atoms with Crippen LogP contribution in [0.15, 0.2) is 54.1 Å². The number of nitrogens with zero attached hydrogens (tertiary/aromatic N) is 3. The van der Waals surface area contributed by atoms with E-state index in [2.05, 4.69) is 23.1 Å². The number of hydrogen-bond acceptors (Lipinski definition) is 5. The average Bonchev–Trinajstić information content (AvgIpc) is 2.79. The Bertz CT molecular complexity index is 926. The lowest BCUT2D eigenvalue weighted by molar-refractivity contribution is -0.126. The van der Waals surface area contributed by atoms with E-state index in [1.165, 1.54) is 0 Å². The molecule has 2 aromatic carbocycles. The molecule has 0 unspecified atom stereocenters. The van der Waals surface area contributed by atoms with Crippen molar-refractivity contribution >= 4 is 17.7 Å². The third-order valence-electron chi connectivity index (χ3n) is 4.93. The summed E-state index contributed by atoms with van der Waals surface area (Å²) in [5, 5.41) is 9.64. The summed E-state index contributed by atoms with van der Waals surface area (Å²) < 4.78 is 11.2. The molecule has 6 heteroatoms. The summed E-state index contributed by atoms with van der Waals surface area (Å²) in [7, 11) is 0. The fourth-order valence-corrected chi connectivity index (χ4v) is 3.45. The lowest BCUT2D eigenvalue weighted by atomic mass is 10.1. The molecule has 1 saturated heterocycles. The second-order valence-corrected chi connectivity index (χ2v) is 6.85. The van der Waals surface area contributed by atoms with Crippen LogP contribution in [0.2, 0.25) is 0 Å². The Morgan fingerprint density at radius 1 is 1.03 bits per heavy atom. The van der Waals surface area contributed by atoms with Crippen LogP contribution in [0.1, 0.15) is 19.4 Å². The summed E-state index contributed by atoms with van der Waals surface area (Å²) in [6, 6.07) is 17.6. The Hall–Kier alpha value is -3.46. The largest absolute Gasteiger partial charge is 0.494 e. The first-order valence-electron chi connectivity index (χ1n) is 10.3. The van der Waals surface area contributed by atoms with Gasteiger partial charge in [-0.05, 0) is 44.2 Å². The maximum atomic E-state index is 13.0. The molecule has 30 heavy (non-hydrogen) atoms. The molecule has 0 N–H and O–H groups in total. The lowest BCUT2D eigenvalue weighted by Gasteiger charge is -2.36. The summed E-state index contributed by atoms with van der Waals surface area (Å²) in [5.74, 6) is 1.04. The highest BCUT2D eigenvalue weighted by molar-refractivity contribution is 6.02. The molecule has 0 saturated carbocycles. The van der Waals surface area contributed by atoms with Crippen molar-refractivity contribution in [2.24, 2.45) is 0 Å². The first kappa shape index (κ1) is 21.3. The van der Waals surface area contributed by atoms with E-state index in [4.69, 9.17) is 9.47 Å². The molecule has 1 heterocycles. The van der Waals surface area contributed by atoms with E-state index >= 15 is 0 Å². The molecule has 0 spiro atoms. The fraction of sp³-hybridized carbons (Fsp3) is 0.333. The zero-order chi connectivity index (χ0) is 21.3. The van der Waals surface area contributed by atoms with Crippen LogP contribution in [0.3, 0.4) is 0 Å². The van der Waals surface area contributed by atoms with Gasteiger partial charge in [0, 0.05) is 43.5 Å². The zero-order valence-corrected chi connectivity index (χ0v) is 17.5. The molecule has 0 aliphatic carbocycles. The molecule has 3 rings (SSSR count). The highest BCUT2D eigenvalue weighted by Crippen LogP contribution is 2.27. The van der Waals surface area contributed by atoms with Gasteiger partial charge in [-0.25, -0.2) is 0 Å². The Balaban J connectivity index is 1.73. The summed E-state index contributed by atoms with van der Waals surface area (Å²) in [5.41, 5.74) is 1.94. The predicted octanol–water partition coefficient (Wildman–Crippen LogP) is 3.74. The van der Waals surface area contributed by atoms with Gasteiger partial charge in [0.1, 0.15) is 23.1 Å². The minimum absolute atomic E-state index is 0.105. The molecule has 0 atom stereocenters. The third-order valence-corrected chi connectivity index (χ3v) is 4.93. The number of para-hydroxylation sites is 1. The topological polar surface area (TPSA) is 65.8 Å². The van der Waals surface area contributed by atoms with E-state index in [-0.39, 0.29) is 11.5 Å². The van der Waals surface area contributed by atoms with Crippen LogP contribution in [0.4, 0.5) is 5.69 Å². The van der Waals surface area contributed by atoms with Crippen LogP contribution in [0, 0.1) is 11.3 Å². The number of ether oxygens (including phenoxy) is 2. The molecule has 1 fully saturated rings. The van der Waals surface area contributed by atoms with Crippen LogP contribution in [0.5, 0.6) is 11.5 Å². The number of hydrogen-bond donors (Lipinski definition) is 0. The molecule has 1 aliphatic rings. The number of benzene rings is 2. The molecule has 0 aromatic heterocycles. The molecule has 1 aliphatic heterocycles. The van der Waals surface area contributed by atoms with Gasteiger partial charge in [-0.1, -0.05) is 18.2 Å².